The highest BCUT2D eigenvalue weighted by Crippen LogP contribution is 2.47. The van der Waals surface area contributed by atoms with Gasteiger partial charge < -0.3 is 5.32 Å². The van der Waals surface area contributed by atoms with Crippen molar-refractivity contribution < 1.29 is 13.2 Å². The Balaban J connectivity index is 1.83. The van der Waals surface area contributed by atoms with Crippen molar-refractivity contribution in [3.63, 3.8) is 0 Å². The van der Waals surface area contributed by atoms with E-state index in [4.69, 9.17) is 5.26 Å². The third-order valence-electron chi connectivity index (χ3n) is 3.52. The summed E-state index contributed by atoms with van der Waals surface area (Å²) < 4.78 is 37.1. The largest absolute Gasteiger partial charge is 0.416 e. The topological polar surface area (TPSA) is 35.8 Å². The maximum atomic E-state index is 12.4. The predicted octanol–water partition coefficient (Wildman–Crippen LogP) is 3.49. The molecule has 0 atom stereocenters. The van der Waals surface area contributed by atoms with Crippen molar-refractivity contribution in [2.45, 2.75) is 32.0 Å². The molecule has 5 heteroatoms. The number of nitriles is 1. The summed E-state index contributed by atoms with van der Waals surface area (Å²) in [4.78, 5) is 0. The van der Waals surface area contributed by atoms with Crippen LogP contribution in [0, 0.1) is 16.7 Å². The molecule has 0 unspecified atom stereocenters. The molecule has 0 saturated heterocycles. The van der Waals surface area contributed by atoms with Crippen LogP contribution in [0.1, 0.15) is 30.4 Å². The van der Waals surface area contributed by atoms with E-state index in [0.29, 0.717) is 13.0 Å². The lowest BCUT2D eigenvalue weighted by Crippen LogP contribution is -2.23. The molecule has 0 aliphatic heterocycles. The summed E-state index contributed by atoms with van der Waals surface area (Å²) in [7, 11) is 0. The third-order valence-corrected chi connectivity index (χ3v) is 3.52. The van der Waals surface area contributed by atoms with Crippen LogP contribution in [0.3, 0.4) is 0 Å². The van der Waals surface area contributed by atoms with E-state index in [1.54, 1.807) is 0 Å². The van der Waals surface area contributed by atoms with Gasteiger partial charge in [0.2, 0.25) is 0 Å². The molecule has 0 aromatic heterocycles. The van der Waals surface area contributed by atoms with Crippen molar-refractivity contribution in [2.24, 2.45) is 5.41 Å². The lowest BCUT2D eigenvalue weighted by molar-refractivity contribution is -0.137. The number of rotatable bonds is 5. The normalized spacial score (nSPS) is 16.9. The Morgan fingerprint density at radius 2 is 1.84 bits per heavy atom. The standard InChI is InChI=1S/C14H15F3N2/c15-14(16,17)12-3-1-11(2-4-12)9-19-10-13(5-6-13)7-8-18/h1-4,19H,5-7,9-10H2. The molecule has 2 nitrogen and oxygen atoms in total. The first kappa shape index (κ1) is 13.9. The minimum Gasteiger partial charge on any atom is -0.312 e. The Morgan fingerprint density at radius 3 is 2.32 bits per heavy atom. The molecule has 1 N–H and O–H groups in total. The maximum absolute atomic E-state index is 12.4. The molecule has 19 heavy (non-hydrogen) atoms. The highest BCUT2D eigenvalue weighted by molar-refractivity contribution is 5.24. The molecule has 1 aromatic carbocycles. The fourth-order valence-electron chi connectivity index (χ4n) is 2.04. The molecule has 1 aromatic rings. The SMILES string of the molecule is N#CCC1(CNCc2ccc(C(F)(F)F)cc2)CC1. The summed E-state index contributed by atoms with van der Waals surface area (Å²) in [6, 6.07) is 7.34. The van der Waals surface area contributed by atoms with Gasteiger partial charge in [-0.25, -0.2) is 0 Å². The summed E-state index contributed by atoms with van der Waals surface area (Å²) in [5.41, 5.74) is 0.306. The Morgan fingerprint density at radius 1 is 1.21 bits per heavy atom. The molecule has 1 saturated carbocycles. The Hall–Kier alpha value is -1.54. The molecule has 0 spiro atoms. The van der Waals surface area contributed by atoms with Crippen molar-refractivity contribution in [2.75, 3.05) is 6.54 Å². The second-order valence-electron chi connectivity index (χ2n) is 5.13. The molecule has 0 heterocycles. The van der Waals surface area contributed by atoms with Crippen LogP contribution in [-0.4, -0.2) is 6.54 Å². The Labute approximate surface area is 110 Å². The van der Waals surface area contributed by atoms with E-state index in [0.717, 1.165) is 37.1 Å². The first-order chi connectivity index (χ1) is 8.95. The van der Waals surface area contributed by atoms with E-state index in [9.17, 15) is 13.2 Å². The second-order valence-corrected chi connectivity index (χ2v) is 5.13. The van der Waals surface area contributed by atoms with Crippen molar-refractivity contribution in [3.8, 4) is 6.07 Å². The van der Waals surface area contributed by atoms with Gasteiger partial charge in [-0.15, -0.1) is 0 Å². The van der Waals surface area contributed by atoms with E-state index in [1.807, 2.05) is 0 Å². The molecular formula is C14H15F3N2. The summed E-state index contributed by atoms with van der Waals surface area (Å²) in [5, 5.41) is 11.9. The second kappa shape index (κ2) is 5.22. The van der Waals surface area contributed by atoms with Gasteiger partial charge in [-0.1, -0.05) is 12.1 Å². The molecule has 1 aliphatic carbocycles. The van der Waals surface area contributed by atoms with E-state index < -0.39 is 11.7 Å². The number of nitrogens with zero attached hydrogens (tertiary/aromatic N) is 1. The van der Waals surface area contributed by atoms with Gasteiger partial charge in [0.05, 0.1) is 11.6 Å². The van der Waals surface area contributed by atoms with Crippen molar-refractivity contribution >= 4 is 0 Å². The smallest absolute Gasteiger partial charge is 0.312 e. The zero-order chi connectivity index (χ0) is 13.9. The van der Waals surface area contributed by atoms with Crippen molar-refractivity contribution in [3.05, 3.63) is 35.4 Å². The molecular weight excluding hydrogens is 253 g/mol. The van der Waals surface area contributed by atoms with Crippen LogP contribution in [0.2, 0.25) is 0 Å². The Bertz CT molecular complexity index is 467. The number of benzene rings is 1. The highest BCUT2D eigenvalue weighted by Gasteiger charge is 2.41. The molecule has 0 radical (unpaired) electrons. The van der Waals surface area contributed by atoms with Gasteiger partial charge in [0.25, 0.3) is 0 Å². The van der Waals surface area contributed by atoms with Gasteiger partial charge in [-0.2, -0.15) is 18.4 Å². The number of hydrogen-bond donors (Lipinski definition) is 1. The molecule has 2 rings (SSSR count). The molecule has 0 amide bonds. The van der Waals surface area contributed by atoms with Crippen LogP contribution >= 0.6 is 0 Å². The molecule has 1 aliphatic rings. The quantitative estimate of drug-likeness (QED) is 0.887. The van der Waals surface area contributed by atoms with E-state index in [1.165, 1.54) is 12.1 Å². The molecule has 1 fully saturated rings. The average Bonchev–Trinajstić information content (AvgIpc) is 3.09. The highest BCUT2D eigenvalue weighted by atomic mass is 19.4. The van der Waals surface area contributed by atoms with Gasteiger partial charge >= 0.3 is 6.18 Å². The predicted molar refractivity (Wildman–Crippen MR) is 65.0 cm³/mol. The van der Waals surface area contributed by atoms with E-state index in [2.05, 4.69) is 11.4 Å². The van der Waals surface area contributed by atoms with Crippen LogP contribution in [0.4, 0.5) is 13.2 Å². The van der Waals surface area contributed by atoms with Gasteiger partial charge in [-0.05, 0) is 36.0 Å². The van der Waals surface area contributed by atoms with Gasteiger partial charge in [0.15, 0.2) is 0 Å². The fourth-order valence-corrected chi connectivity index (χ4v) is 2.04. The maximum Gasteiger partial charge on any atom is 0.416 e. The third kappa shape index (κ3) is 3.71. The summed E-state index contributed by atoms with van der Waals surface area (Å²) >= 11 is 0. The first-order valence-electron chi connectivity index (χ1n) is 6.19. The van der Waals surface area contributed by atoms with Crippen LogP contribution < -0.4 is 5.32 Å². The summed E-state index contributed by atoms with van der Waals surface area (Å²) in [6.07, 6.45) is -1.62. The van der Waals surface area contributed by atoms with E-state index in [-0.39, 0.29) is 5.41 Å². The van der Waals surface area contributed by atoms with E-state index >= 15 is 0 Å². The first-order valence-corrected chi connectivity index (χ1v) is 6.19. The van der Waals surface area contributed by atoms with Crippen molar-refractivity contribution in [1.82, 2.24) is 5.32 Å². The lowest BCUT2D eigenvalue weighted by Gasteiger charge is -2.12. The number of hydrogen-bond acceptors (Lipinski definition) is 2. The van der Waals surface area contributed by atoms with Crippen LogP contribution in [0.5, 0.6) is 0 Å². The zero-order valence-electron chi connectivity index (χ0n) is 10.4. The molecule has 102 valence electrons. The van der Waals surface area contributed by atoms with Gasteiger partial charge in [-0.3, -0.25) is 0 Å². The van der Waals surface area contributed by atoms with Crippen molar-refractivity contribution in [1.29, 1.82) is 5.26 Å². The minimum atomic E-state index is -4.28. The van der Waals surface area contributed by atoms with Crippen LogP contribution in [-0.2, 0) is 12.7 Å². The molecule has 0 bridgehead atoms. The monoisotopic (exact) mass is 268 g/mol. The Kier molecular flexibility index (Phi) is 3.81. The van der Waals surface area contributed by atoms with Gasteiger partial charge in [0, 0.05) is 19.5 Å². The zero-order valence-corrected chi connectivity index (χ0v) is 10.4. The lowest BCUT2D eigenvalue weighted by atomic mass is 10.0. The number of alkyl halides is 3. The van der Waals surface area contributed by atoms with Crippen LogP contribution in [0.25, 0.3) is 0 Å². The van der Waals surface area contributed by atoms with Crippen LogP contribution in [0.15, 0.2) is 24.3 Å². The average molecular weight is 268 g/mol. The summed E-state index contributed by atoms with van der Waals surface area (Å²) in [5.74, 6) is 0. The fraction of sp³-hybridized carbons (Fsp3) is 0.500. The van der Waals surface area contributed by atoms with Gasteiger partial charge in [0.1, 0.15) is 0 Å². The number of halogens is 3. The minimum absolute atomic E-state index is 0.112. The number of nitrogens with one attached hydrogen (secondary N) is 1. The summed E-state index contributed by atoms with van der Waals surface area (Å²) in [6.45, 7) is 1.28.